The maximum atomic E-state index is 5.09. The molecule has 8 aromatic rings. The Morgan fingerprint density at radius 1 is 0.531 bits per heavy atom. The summed E-state index contributed by atoms with van der Waals surface area (Å²) >= 11 is 0. The van der Waals surface area contributed by atoms with Crippen LogP contribution in [0.1, 0.15) is 22.5 Å². The quantitative estimate of drug-likeness (QED) is 0.176. The van der Waals surface area contributed by atoms with Gasteiger partial charge in [0.1, 0.15) is 5.65 Å². The van der Waals surface area contributed by atoms with Crippen LogP contribution in [0.5, 0.6) is 0 Å². The number of aromatic nitrogens is 3. The van der Waals surface area contributed by atoms with Gasteiger partial charge in [0.15, 0.2) is 0 Å². The lowest BCUT2D eigenvalue weighted by Crippen LogP contribution is -1.94. The number of hydrogen-bond acceptors (Lipinski definition) is 2. The van der Waals surface area contributed by atoms with Gasteiger partial charge in [0.05, 0.1) is 11.4 Å². The van der Waals surface area contributed by atoms with Crippen molar-refractivity contribution in [2.75, 3.05) is 0 Å². The molecule has 8 rings (SSSR count). The maximum absolute atomic E-state index is 5.09. The third kappa shape index (κ3) is 5.36. The van der Waals surface area contributed by atoms with E-state index in [0.717, 1.165) is 89.4 Å². The molecule has 3 heteroatoms. The van der Waals surface area contributed by atoms with Crippen LogP contribution < -0.4 is 0 Å². The first kappa shape index (κ1) is 30.0. The molecule has 49 heavy (non-hydrogen) atoms. The Balaban J connectivity index is 1.31. The van der Waals surface area contributed by atoms with Crippen LogP contribution in [0.25, 0.3) is 84.5 Å². The molecule has 3 heterocycles. The summed E-state index contributed by atoms with van der Waals surface area (Å²) in [6, 6.07) is 47.4. The monoisotopic (exact) mass is 629 g/mol. The first-order chi connectivity index (χ1) is 24.0. The Bertz CT molecular complexity index is 2540. The Hall–Kier alpha value is -6.32. The summed E-state index contributed by atoms with van der Waals surface area (Å²) in [5, 5.41) is 2.34. The number of aryl methyl sites for hydroxylation is 2. The minimum atomic E-state index is 0.924. The average molecular weight is 630 g/mol. The van der Waals surface area contributed by atoms with Crippen LogP contribution in [0.15, 0.2) is 153 Å². The summed E-state index contributed by atoms with van der Waals surface area (Å²) in [6.07, 6.45) is 5.94. The fourth-order valence-corrected chi connectivity index (χ4v) is 7.04. The molecule has 0 saturated heterocycles. The second-order valence-corrected chi connectivity index (χ2v) is 12.4. The van der Waals surface area contributed by atoms with E-state index in [9.17, 15) is 0 Å². The van der Waals surface area contributed by atoms with Crippen molar-refractivity contribution in [1.82, 2.24) is 14.4 Å². The Morgan fingerprint density at radius 3 is 1.94 bits per heavy atom. The lowest BCUT2D eigenvalue weighted by Gasteiger charge is -2.17. The van der Waals surface area contributed by atoms with E-state index in [2.05, 4.69) is 152 Å². The highest BCUT2D eigenvalue weighted by molar-refractivity contribution is 6.04. The van der Waals surface area contributed by atoms with E-state index in [1.165, 1.54) is 5.39 Å². The fraction of sp³-hybridized carbons (Fsp3) is 0.0435. The van der Waals surface area contributed by atoms with Crippen molar-refractivity contribution in [1.29, 1.82) is 0 Å². The van der Waals surface area contributed by atoms with Crippen molar-refractivity contribution in [3.8, 4) is 55.9 Å². The van der Waals surface area contributed by atoms with Crippen LogP contribution in [-0.2, 0) is 0 Å². The molecule has 0 N–H and O–H groups in total. The van der Waals surface area contributed by atoms with Gasteiger partial charge in [-0.1, -0.05) is 116 Å². The third-order valence-electron chi connectivity index (χ3n) is 9.39. The van der Waals surface area contributed by atoms with E-state index < -0.39 is 0 Å². The number of nitrogens with zero attached hydrogens (tertiary/aromatic N) is 3. The van der Waals surface area contributed by atoms with Crippen molar-refractivity contribution in [3.63, 3.8) is 0 Å². The summed E-state index contributed by atoms with van der Waals surface area (Å²) in [6.45, 7) is 12.4. The van der Waals surface area contributed by atoms with Crippen LogP contribution >= 0.6 is 0 Å². The van der Waals surface area contributed by atoms with E-state index in [0.29, 0.717) is 0 Å². The van der Waals surface area contributed by atoms with Gasteiger partial charge >= 0.3 is 0 Å². The SMILES string of the molecule is C=Cc1cc(-c2cc(-c3ccc(-c4nc5ccccn5c4-c4ccccc4)cc3)cc(-c3ccc(C)nc3C)c2)c2ccccc2c1C=C. The Kier molecular flexibility index (Phi) is 7.58. The number of imidazole rings is 1. The van der Waals surface area contributed by atoms with Crippen LogP contribution in [0.3, 0.4) is 0 Å². The van der Waals surface area contributed by atoms with Gasteiger partial charge in [0.2, 0.25) is 0 Å². The van der Waals surface area contributed by atoms with Gasteiger partial charge in [-0.3, -0.25) is 9.38 Å². The second kappa shape index (κ2) is 12.4. The van der Waals surface area contributed by atoms with Crippen LogP contribution in [0.2, 0.25) is 0 Å². The molecule has 0 atom stereocenters. The first-order valence-corrected chi connectivity index (χ1v) is 16.6. The zero-order valence-electron chi connectivity index (χ0n) is 27.7. The molecule has 0 aliphatic rings. The molecule has 0 aliphatic heterocycles. The number of pyridine rings is 2. The predicted octanol–water partition coefficient (Wildman–Crippen LogP) is 12.1. The van der Waals surface area contributed by atoms with Gasteiger partial charge in [-0.05, 0) is 106 Å². The lowest BCUT2D eigenvalue weighted by molar-refractivity contribution is 1.13. The zero-order valence-corrected chi connectivity index (χ0v) is 27.7. The molecule has 0 spiro atoms. The van der Waals surface area contributed by atoms with Gasteiger partial charge in [-0.15, -0.1) is 0 Å². The minimum Gasteiger partial charge on any atom is -0.299 e. The summed E-state index contributed by atoms with van der Waals surface area (Å²) in [4.78, 5) is 9.90. The summed E-state index contributed by atoms with van der Waals surface area (Å²) in [7, 11) is 0. The van der Waals surface area contributed by atoms with Crippen molar-refractivity contribution < 1.29 is 0 Å². The first-order valence-electron chi connectivity index (χ1n) is 16.6. The topological polar surface area (TPSA) is 30.2 Å². The zero-order chi connectivity index (χ0) is 33.5. The number of benzene rings is 5. The molecule has 0 bridgehead atoms. The second-order valence-electron chi connectivity index (χ2n) is 12.4. The van der Waals surface area contributed by atoms with E-state index in [1.54, 1.807) is 0 Å². The molecule has 0 saturated carbocycles. The fourth-order valence-electron chi connectivity index (χ4n) is 7.04. The van der Waals surface area contributed by atoms with Crippen molar-refractivity contribution in [2.24, 2.45) is 0 Å². The van der Waals surface area contributed by atoms with Gasteiger partial charge in [-0.2, -0.15) is 0 Å². The molecule has 3 nitrogen and oxygen atoms in total. The molecule has 0 unspecified atom stereocenters. The lowest BCUT2D eigenvalue weighted by atomic mass is 9.88. The van der Waals surface area contributed by atoms with Crippen LogP contribution in [-0.4, -0.2) is 14.4 Å². The molecule has 0 aliphatic carbocycles. The Labute approximate surface area is 287 Å². The molecule has 3 aromatic heterocycles. The van der Waals surface area contributed by atoms with E-state index in [1.807, 2.05) is 31.2 Å². The summed E-state index contributed by atoms with van der Waals surface area (Å²) < 4.78 is 2.17. The molecule has 5 aromatic carbocycles. The van der Waals surface area contributed by atoms with Gasteiger partial charge in [0, 0.05) is 34.3 Å². The molecule has 0 amide bonds. The normalized spacial score (nSPS) is 11.2. The standard InChI is InChI=1S/C46H35N3/c1-5-32-29-43(42-17-11-10-16-41(42)39(32)6-2)38-27-36(26-37(28-38)40-24-19-30(3)47-31(40)4)33-20-22-34(23-21-33)45-46(35-14-8-7-9-15-35)49-25-13-12-18-44(49)48-45/h5-29H,1-2H2,3-4H3. The average Bonchev–Trinajstić information content (AvgIpc) is 3.54. The van der Waals surface area contributed by atoms with Gasteiger partial charge < -0.3 is 0 Å². The van der Waals surface area contributed by atoms with Gasteiger partial charge in [0.25, 0.3) is 0 Å². The molecular formula is C46H35N3. The number of rotatable bonds is 7. The minimum absolute atomic E-state index is 0.924. The van der Waals surface area contributed by atoms with E-state index >= 15 is 0 Å². The van der Waals surface area contributed by atoms with Crippen molar-refractivity contribution in [3.05, 3.63) is 175 Å². The Morgan fingerprint density at radius 2 is 1.20 bits per heavy atom. The number of hydrogen-bond donors (Lipinski definition) is 0. The highest BCUT2D eigenvalue weighted by atomic mass is 15.0. The van der Waals surface area contributed by atoms with E-state index in [-0.39, 0.29) is 0 Å². The highest BCUT2D eigenvalue weighted by Crippen LogP contribution is 2.40. The molecule has 0 radical (unpaired) electrons. The largest absolute Gasteiger partial charge is 0.299 e. The summed E-state index contributed by atoms with van der Waals surface area (Å²) in [5.41, 5.74) is 16.2. The smallest absolute Gasteiger partial charge is 0.137 e. The van der Waals surface area contributed by atoms with Crippen molar-refractivity contribution in [2.45, 2.75) is 13.8 Å². The highest BCUT2D eigenvalue weighted by Gasteiger charge is 2.17. The molecule has 234 valence electrons. The van der Waals surface area contributed by atoms with Crippen LogP contribution in [0.4, 0.5) is 0 Å². The predicted molar refractivity (Wildman–Crippen MR) is 207 cm³/mol. The summed E-state index contributed by atoms with van der Waals surface area (Å²) in [5.74, 6) is 0. The van der Waals surface area contributed by atoms with Gasteiger partial charge in [-0.25, -0.2) is 4.98 Å². The third-order valence-corrected chi connectivity index (χ3v) is 9.39. The molecule has 0 fully saturated rings. The molecular weight excluding hydrogens is 595 g/mol. The maximum Gasteiger partial charge on any atom is 0.137 e. The number of fused-ring (bicyclic) bond motifs is 2. The van der Waals surface area contributed by atoms with E-state index in [4.69, 9.17) is 9.97 Å². The van der Waals surface area contributed by atoms with Crippen molar-refractivity contribution >= 4 is 28.6 Å². The van der Waals surface area contributed by atoms with Crippen LogP contribution in [0, 0.1) is 13.8 Å².